The molecule has 0 spiro atoms. The van der Waals surface area contributed by atoms with Gasteiger partial charge in [-0.1, -0.05) is 29.8 Å². The predicted molar refractivity (Wildman–Crippen MR) is 106 cm³/mol. The number of methoxy groups -OCH3 is 3. The summed E-state index contributed by atoms with van der Waals surface area (Å²) in [6.07, 6.45) is 0. The third-order valence-corrected chi connectivity index (χ3v) is 4.39. The fourth-order valence-electron chi connectivity index (χ4n) is 2.71. The number of ether oxygens (including phenoxy) is 3. The normalized spacial score (nSPS) is 10.6. The van der Waals surface area contributed by atoms with E-state index in [1.165, 1.54) is 0 Å². The van der Waals surface area contributed by atoms with Crippen LogP contribution in [0.2, 0.25) is 5.02 Å². The van der Waals surface area contributed by atoms with E-state index in [2.05, 4.69) is 5.32 Å². The highest BCUT2D eigenvalue weighted by molar-refractivity contribution is 6.31. The van der Waals surface area contributed by atoms with Crippen molar-refractivity contribution in [1.82, 2.24) is 10.2 Å². The van der Waals surface area contributed by atoms with Gasteiger partial charge in [-0.05, 0) is 36.4 Å². The maximum absolute atomic E-state index is 12.3. The molecule has 0 aromatic heterocycles. The number of nitrogens with one attached hydrogen (secondary N) is 1. The zero-order valence-electron chi connectivity index (χ0n) is 16.0. The van der Waals surface area contributed by atoms with Crippen molar-refractivity contribution < 1.29 is 19.0 Å². The number of halogens is 1. The first-order valence-electron chi connectivity index (χ1n) is 8.46. The summed E-state index contributed by atoms with van der Waals surface area (Å²) in [6.45, 7) is 1.21. The van der Waals surface area contributed by atoms with Crippen molar-refractivity contribution in [3.05, 3.63) is 52.5 Å². The number of carbonyl (C=O) groups excluding carboxylic acids is 1. The van der Waals surface area contributed by atoms with E-state index in [0.29, 0.717) is 35.4 Å². The molecule has 0 atom stereocenters. The number of carbonyl (C=O) groups is 1. The molecular formula is C20H25ClN2O4. The highest BCUT2D eigenvalue weighted by atomic mass is 35.5. The van der Waals surface area contributed by atoms with Gasteiger partial charge in [-0.25, -0.2) is 0 Å². The molecule has 7 heteroatoms. The largest absolute Gasteiger partial charge is 0.493 e. The van der Waals surface area contributed by atoms with E-state index in [1.54, 1.807) is 21.3 Å². The lowest BCUT2D eigenvalue weighted by atomic mass is 10.1. The summed E-state index contributed by atoms with van der Waals surface area (Å²) in [4.78, 5) is 14.2. The second-order valence-corrected chi connectivity index (χ2v) is 6.48. The Labute approximate surface area is 165 Å². The van der Waals surface area contributed by atoms with Crippen molar-refractivity contribution in [1.29, 1.82) is 0 Å². The highest BCUT2D eigenvalue weighted by Gasteiger charge is 2.14. The predicted octanol–water partition coefficient (Wildman–Crippen LogP) is 3.11. The quantitative estimate of drug-likeness (QED) is 0.710. The van der Waals surface area contributed by atoms with Gasteiger partial charge in [0, 0.05) is 18.1 Å². The molecule has 27 heavy (non-hydrogen) atoms. The number of hydrogen-bond donors (Lipinski definition) is 1. The molecular weight excluding hydrogens is 368 g/mol. The molecule has 1 amide bonds. The minimum atomic E-state index is -0.0849. The Morgan fingerprint density at radius 2 is 1.70 bits per heavy atom. The summed E-state index contributed by atoms with van der Waals surface area (Å²) in [5.74, 6) is 1.54. The molecule has 0 fully saturated rings. The highest BCUT2D eigenvalue weighted by Crippen LogP contribution is 2.38. The van der Waals surface area contributed by atoms with Crippen molar-refractivity contribution >= 4 is 17.5 Å². The van der Waals surface area contributed by atoms with Crippen LogP contribution < -0.4 is 19.5 Å². The molecule has 0 saturated heterocycles. The van der Waals surface area contributed by atoms with Gasteiger partial charge in [0.25, 0.3) is 0 Å². The monoisotopic (exact) mass is 392 g/mol. The summed E-state index contributed by atoms with van der Waals surface area (Å²) in [7, 11) is 6.55. The molecule has 0 unspecified atom stereocenters. The Balaban J connectivity index is 1.94. The van der Waals surface area contributed by atoms with Gasteiger partial charge in [0.05, 0.1) is 27.9 Å². The van der Waals surface area contributed by atoms with Crippen LogP contribution >= 0.6 is 11.6 Å². The second-order valence-electron chi connectivity index (χ2n) is 6.07. The standard InChI is InChI=1S/C20H25ClN2O4/c1-23(12-15-7-5-6-8-16(15)21)13-19(24)22-11-14-9-17(25-2)20(27-4)18(10-14)26-3/h5-10H,11-13H2,1-4H3,(H,22,24). The van der Waals surface area contributed by atoms with Crippen LogP contribution in [0.15, 0.2) is 36.4 Å². The summed E-state index contributed by atoms with van der Waals surface area (Å²) < 4.78 is 16.0. The van der Waals surface area contributed by atoms with Crippen molar-refractivity contribution in [2.45, 2.75) is 13.1 Å². The SMILES string of the molecule is COc1cc(CNC(=O)CN(C)Cc2ccccc2Cl)cc(OC)c1OC. The van der Waals surface area contributed by atoms with E-state index < -0.39 is 0 Å². The van der Waals surface area contributed by atoms with Crippen LogP contribution in [0.5, 0.6) is 17.2 Å². The fraction of sp³-hybridized carbons (Fsp3) is 0.350. The molecule has 0 saturated carbocycles. The summed E-state index contributed by atoms with van der Waals surface area (Å²) in [5, 5.41) is 3.60. The zero-order valence-corrected chi connectivity index (χ0v) is 16.8. The first-order valence-corrected chi connectivity index (χ1v) is 8.83. The number of nitrogens with zero attached hydrogens (tertiary/aromatic N) is 1. The van der Waals surface area contributed by atoms with E-state index in [4.69, 9.17) is 25.8 Å². The molecule has 0 aliphatic carbocycles. The van der Waals surface area contributed by atoms with E-state index in [1.807, 2.05) is 48.3 Å². The average molecular weight is 393 g/mol. The van der Waals surface area contributed by atoms with E-state index in [0.717, 1.165) is 11.1 Å². The number of hydrogen-bond acceptors (Lipinski definition) is 5. The molecule has 1 N–H and O–H groups in total. The molecule has 0 bridgehead atoms. The van der Waals surface area contributed by atoms with Gasteiger partial charge in [-0.15, -0.1) is 0 Å². The summed E-state index contributed by atoms with van der Waals surface area (Å²) in [5.41, 5.74) is 1.84. The molecule has 0 aliphatic heterocycles. The average Bonchev–Trinajstić information content (AvgIpc) is 2.67. The number of rotatable bonds is 9. The smallest absolute Gasteiger partial charge is 0.234 e. The van der Waals surface area contributed by atoms with Crippen LogP contribution in [-0.2, 0) is 17.9 Å². The third kappa shape index (κ3) is 5.77. The zero-order chi connectivity index (χ0) is 19.8. The van der Waals surface area contributed by atoms with Crippen LogP contribution in [0, 0.1) is 0 Å². The lowest BCUT2D eigenvalue weighted by Gasteiger charge is -2.18. The van der Waals surface area contributed by atoms with Gasteiger partial charge in [0.2, 0.25) is 11.7 Å². The summed E-state index contributed by atoms with van der Waals surface area (Å²) >= 11 is 6.17. The first-order chi connectivity index (χ1) is 13.0. The first kappa shape index (κ1) is 20.9. The Morgan fingerprint density at radius 3 is 2.26 bits per heavy atom. The molecule has 2 rings (SSSR count). The Morgan fingerprint density at radius 1 is 1.07 bits per heavy atom. The van der Waals surface area contributed by atoms with Crippen molar-refractivity contribution in [3.63, 3.8) is 0 Å². The Bertz CT molecular complexity index is 757. The number of likely N-dealkylation sites (N-methyl/N-ethyl adjacent to an activating group) is 1. The molecule has 146 valence electrons. The van der Waals surface area contributed by atoms with E-state index in [-0.39, 0.29) is 12.5 Å². The fourth-order valence-corrected chi connectivity index (χ4v) is 2.91. The Hall–Kier alpha value is -2.44. The van der Waals surface area contributed by atoms with E-state index in [9.17, 15) is 4.79 Å². The van der Waals surface area contributed by atoms with Crippen LogP contribution in [0.1, 0.15) is 11.1 Å². The van der Waals surface area contributed by atoms with Gasteiger partial charge < -0.3 is 19.5 Å². The van der Waals surface area contributed by atoms with Crippen molar-refractivity contribution in [2.75, 3.05) is 34.9 Å². The Kier molecular flexibility index (Phi) is 7.76. The molecule has 0 radical (unpaired) electrons. The van der Waals surface area contributed by atoms with Gasteiger partial charge in [-0.3, -0.25) is 9.69 Å². The van der Waals surface area contributed by atoms with Crippen LogP contribution in [-0.4, -0.2) is 45.7 Å². The lowest BCUT2D eigenvalue weighted by molar-refractivity contribution is -0.122. The van der Waals surface area contributed by atoms with Gasteiger partial charge in [0.1, 0.15) is 0 Å². The number of benzene rings is 2. The van der Waals surface area contributed by atoms with Crippen molar-refractivity contribution in [2.24, 2.45) is 0 Å². The topological polar surface area (TPSA) is 60.0 Å². The van der Waals surface area contributed by atoms with Gasteiger partial charge >= 0.3 is 0 Å². The van der Waals surface area contributed by atoms with Crippen molar-refractivity contribution in [3.8, 4) is 17.2 Å². The minimum Gasteiger partial charge on any atom is -0.493 e. The third-order valence-electron chi connectivity index (χ3n) is 4.03. The molecule has 6 nitrogen and oxygen atoms in total. The van der Waals surface area contributed by atoms with Gasteiger partial charge in [0.15, 0.2) is 11.5 Å². The maximum Gasteiger partial charge on any atom is 0.234 e. The second kappa shape index (κ2) is 10.0. The lowest BCUT2D eigenvalue weighted by Crippen LogP contribution is -2.34. The molecule has 0 aliphatic rings. The van der Waals surface area contributed by atoms with E-state index >= 15 is 0 Å². The molecule has 2 aromatic rings. The molecule has 0 heterocycles. The van der Waals surface area contributed by atoms with Crippen LogP contribution in [0.4, 0.5) is 0 Å². The van der Waals surface area contributed by atoms with Crippen LogP contribution in [0.3, 0.4) is 0 Å². The molecule has 2 aromatic carbocycles. The minimum absolute atomic E-state index is 0.0849. The van der Waals surface area contributed by atoms with Crippen LogP contribution in [0.25, 0.3) is 0 Å². The van der Waals surface area contributed by atoms with Gasteiger partial charge in [-0.2, -0.15) is 0 Å². The maximum atomic E-state index is 12.3. The summed E-state index contributed by atoms with van der Waals surface area (Å²) in [6, 6.07) is 11.2. The number of amides is 1.